The molecule has 4 heterocycles. The van der Waals surface area contributed by atoms with Crippen molar-refractivity contribution in [1.29, 1.82) is 0 Å². The van der Waals surface area contributed by atoms with E-state index in [2.05, 4.69) is 19.9 Å². The summed E-state index contributed by atoms with van der Waals surface area (Å²) in [6, 6.07) is 23.4. The number of aromatic nitrogens is 4. The molecule has 4 aromatic rings. The first kappa shape index (κ1) is 33.7. The Morgan fingerprint density at radius 1 is 0.387 bits per heavy atom. The third kappa shape index (κ3) is 21.1. The molecule has 31 heavy (non-hydrogen) atoms. The van der Waals surface area contributed by atoms with Gasteiger partial charge in [0.15, 0.2) is 0 Å². The minimum atomic E-state index is 0. The second kappa shape index (κ2) is 22.8. The predicted molar refractivity (Wildman–Crippen MR) is 116 cm³/mol. The molecular formula is C24H28Br2FeN4. The van der Waals surface area contributed by atoms with Crippen LogP contribution in [0.25, 0.3) is 0 Å². The summed E-state index contributed by atoms with van der Waals surface area (Å²) < 4.78 is 0. The molecule has 0 aliphatic heterocycles. The van der Waals surface area contributed by atoms with Gasteiger partial charge in [0.2, 0.25) is 0 Å². The molecule has 0 spiro atoms. The zero-order chi connectivity index (χ0) is 20.5. The van der Waals surface area contributed by atoms with E-state index >= 15 is 0 Å². The Bertz CT molecular complexity index is 703. The predicted octanol–water partition coefficient (Wildman–Crippen LogP) is -0.434. The van der Waals surface area contributed by atoms with Gasteiger partial charge in [-0.25, -0.2) is 0 Å². The summed E-state index contributed by atoms with van der Waals surface area (Å²) in [5.74, 6) is 0. The van der Waals surface area contributed by atoms with Gasteiger partial charge in [-0.1, -0.05) is 24.3 Å². The maximum atomic E-state index is 3.98. The third-order valence-electron chi connectivity index (χ3n) is 3.25. The zero-order valence-electron chi connectivity index (χ0n) is 18.1. The number of nitrogens with zero attached hydrogens (tertiary/aromatic N) is 4. The molecule has 0 saturated heterocycles. The average Bonchev–Trinajstić information content (AvgIpc) is 2.72. The van der Waals surface area contributed by atoms with Crippen molar-refractivity contribution in [2.45, 2.75) is 27.7 Å². The van der Waals surface area contributed by atoms with Gasteiger partial charge in [0.1, 0.15) is 0 Å². The smallest absolute Gasteiger partial charge is 1.00 e. The van der Waals surface area contributed by atoms with Gasteiger partial charge < -0.3 is 34.0 Å². The maximum absolute atomic E-state index is 3.98. The topological polar surface area (TPSA) is 51.6 Å². The van der Waals surface area contributed by atoms with Crippen molar-refractivity contribution < 1.29 is 51.0 Å². The Morgan fingerprint density at radius 2 is 0.581 bits per heavy atom. The van der Waals surface area contributed by atoms with Crippen LogP contribution in [0.2, 0.25) is 0 Å². The van der Waals surface area contributed by atoms with E-state index < -0.39 is 0 Å². The minimum Gasteiger partial charge on any atom is -1.00 e. The Labute approximate surface area is 218 Å². The van der Waals surface area contributed by atoms with Crippen LogP contribution >= 0.6 is 0 Å². The van der Waals surface area contributed by atoms with Crippen LogP contribution in [0.15, 0.2) is 97.6 Å². The molecule has 0 fully saturated rings. The molecule has 4 nitrogen and oxygen atoms in total. The summed E-state index contributed by atoms with van der Waals surface area (Å²) in [4.78, 5) is 15.9. The summed E-state index contributed by atoms with van der Waals surface area (Å²) in [6.45, 7) is 7.89. The van der Waals surface area contributed by atoms with Gasteiger partial charge in [-0.2, -0.15) is 0 Å². The van der Waals surface area contributed by atoms with Crippen molar-refractivity contribution in [2.24, 2.45) is 0 Å². The first-order valence-electron chi connectivity index (χ1n) is 9.08. The number of rotatable bonds is 0. The van der Waals surface area contributed by atoms with Crippen molar-refractivity contribution in [3.63, 3.8) is 0 Å². The van der Waals surface area contributed by atoms with Gasteiger partial charge in [0.05, 0.1) is 0 Å². The van der Waals surface area contributed by atoms with E-state index in [1.165, 1.54) is 0 Å². The Balaban J connectivity index is -0.000000327. The molecule has 0 aromatic carbocycles. The van der Waals surface area contributed by atoms with Crippen LogP contribution in [0.4, 0.5) is 0 Å². The van der Waals surface area contributed by atoms with Crippen molar-refractivity contribution in [3.05, 3.63) is 120 Å². The number of hydrogen-bond donors (Lipinski definition) is 0. The molecule has 0 bridgehead atoms. The van der Waals surface area contributed by atoms with Crippen molar-refractivity contribution in [1.82, 2.24) is 19.9 Å². The summed E-state index contributed by atoms with van der Waals surface area (Å²) in [6.07, 6.45) is 7.15. The molecule has 4 rings (SSSR count). The molecule has 0 N–H and O–H groups in total. The van der Waals surface area contributed by atoms with Gasteiger partial charge in [-0.3, -0.25) is 19.9 Å². The van der Waals surface area contributed by atoms with Gasteiger partial charge in [0.25, 0.3) is 0 Å². The summed E-state index contributed by atoms with van der Waals surface area (Å²) >= 11 is 0. The molecule has 4 aromatic heterocycles. The van der Waals surface area contributed by atoms with E-state index in [0.717, 1.165) is 22.8 Å². The van der Waals surface area contributed by atoms with E-state index in [9.17, 15) is 0 Å². The van der Waals surface area contributed by atoms with Gasteiger partial charge in [-0.15, -0.1) is 0 Å². The molecule has 166 valence electrons. The van der Waals surface area contributed by atoms with Crippen molar-refractivity contribution >= 4 is 0 Å². The second-order valence-corrected chi connectivity index (χ2v) is 5.88. The first-order chi connectivity index (χ1) is 13.6. The SMILES string of the molecule is Cc1ccccn1.Cc1ccccn1.Cc1ccccn1.Cc1ccccn1.[Br-].[Br-].[Fe+2]. The monoisotopic (exact) mass is 586 g/mol. The van der Waals surface area contributed by atoms with E-state index in [1.807, 2.05) is 100 Å². The fourth-order valence-corrected chi connectivity index (χ4v) is 1.79. The molecule has 0 aliphatic carbocycles. The molecule has 0 radical (unpaired) electrons. The second-order valence-electron chi connectivity index (χ2n) is 5.88. The summed E-state index contributed by atoms with van der Waals surface area (Å²) in [5, 5.41) is 0. The van der Waals surface area contributed by atoms with Crippen LogP contribution in [0, 0.1) is 27.7 Å². The largest absolute Gasteiger partial charge is 2.00 e. The molecule has 0 aliphatic rings. The number of aryl methyl sites for hydroxylation is 4. The van der Waals surface area contributed by atoms with E-state index in [0.29, 0.717) is 0 Å². The number of hydrogen-bond acceptors (Lipinski definition) is 4. The standard InChI is InChI=1S/4C6H7N.2BrH.Fe/c4*1-6-4-2-3-5-7-6;;;/h4*2-5H,1H3;2*1H;/q;;;;;;+2/p-2. The fourth-order valence-electron chi connectivity index (χ4n) is 1.79. The molecule has 0 saturated carbocycles. The summed E-state index contributed by atoms with van der Waals surface area (Å²) in [7, 11) is 0. The molecular weight excluding hydrogens is 560 g/mol. The van der Waals surface area contributed by atoms with Crippen molar-refractivity contribution in [2.75, 3.05) is 0 Å². The maximum Gasteiger partial charge on any atom is 2.00 e. The number of halogens is 2. The van der Waals surface area contributed by atoms with Gasteiger partial charge in [0, 0.05) is 47.6 Å². The average molecular weight is 588 g/mol. The van der Waals surface area contributed by atoms with Gasteiger partial charge in [-0.05, 0) is 76.2 Å². The van der Waals surface area contributed by atoms with Crippen LogP contribution in [0.3, 0.4) is 0 Å². The van der Waals surface area contributed by atoms with Crippen LogP contribution in [-0.4, -0.2) is 19.9 Å². The third-order valence-corrected chi connectivity index (χ3v) is 3.25. The van der Waals surface area contributed by atoms with Crippen molar-refractivity contribution in [3.8, 4) is 0 Å². The van der Waals surface area contributed by atoms with E-state index in [4.69, 9.17) is 0 Å². The molecule has 0 amide bonds. The zero-order valence-corrected chi connectivity index (χ0v) is 22.4. The number of pyridine rings is 4. The minimum absolute atomic E-state index is 0. The Hall–Kier alpha value is -1.92. The quantitative estimate of drug-likeness (QED) is 0.262. The van der Waals surface area contributed by atoms with Crippen LogP contribution < -0.4 is 34.0 Å². The van der Waals surface area contributed by atoms with Gasteiger partial charge >= 0.3 is 17.1 Å². The fraction of sp³-hybridized carbons (Fsp3) is 0.167. The van der Waals surface area contributed by atoms with Crippen LogP contribution in [-0.2, 0) is 17.1 Å². The van der Waals surface area contributed by atoms with Crippen LogP contribution in [0.5, 0.6) is 0 Å². The molecule has 7 heteroatoms. The van der Waals surface area contributed by atoms with E-state index in [1.54, 1.807) is 24.8 Å². The molecule has 0 atom stereocenters. The Kier molecular flexibility index (Phi) is 24.7. The molecule has 0 unspecified atom stereocenters. The normalized spacial score (nSPS) is 7.87. The van der Waals surface area contributed by atoms with E-state index in [-0.39, 0.29) is 51.0 Å². The first-order valence-corrected chi connectivity index (χ1v) is 9.08. The van der Waals surface area contributed by atoms with Crippen LogP contribution in [0.1, 0.15) is 22.8 Å². The summed E-state index contributed by atoms with van der Waals surface area (Å²) in [5.41, 5.74) is 4.29. The Morgan fingerprint density at radius 3 is 0.645 bits per heavy atom.